The standard InChI is InChI=1S/C22H36N4O/c1-23-14-15-24-22(27)17-12-13-20(25-18-8-4-2-5-9-18)21(16-17)26-19-10-6-3-7-11-19/h12-13,16,18-19,23,25-26H,2-11,14-15H2,1H3,(H,24,27). The lowest BCUT2D eigenvalue weighted by Gasteiger charge is -2.28. The van der Waals surface area contributed by atoms with Gasteiger partial charge in [-0.05, 0) is 50.9 Å². The van der Waals surface area contributed by atoms with E-state index in [-0.39, 0.29) is 5.91 Å². The van der Waals surface area contributed by atoms with Crippen LogP contribution in [-0.4, -0.2) is 38.1 Å². The molecule has 0 unspecified atom stereocenters. The summed E-state index contributed by atoms with van der Waals surface area (Å²) in [6, 6.07) is 7.15. The minimum Gasteiger partial charge on any atom is -0.381 e. The number of carbonyl (C=O) groups excluding carboxylic acids is 1. The molecule has 5 nitrogen and oxygen atoms in total. The Hall–Kier alpha value is -1.75. The molecule has 4 N–H and O–H groups in total. The highest BCUT2D eigenvalue weighted by Gasteiger charge is 2.19. The Morgan fingerprint density at radius 1 is 0.852 bits per heavy atom. The molecule has 27 heavy (non-hydrogen) atoms. The molecule has 3 rings (SSSR count). The first-order valence-corrected chi connectivity index (χ1v) is 10.9. The van der Waals surface area contributed by atoms with Crippen molar-refractivity contribution in [1.82, 2.24) is 10.6 Å². The first kappa shape index (κ1) is 20.0. The van der Waals surface area contributed by atoms with E-state index in [0.717, 1.165) is 23.5 Å². The Labute approximate surface area is 164 Å². The van der Waals surface area contributed by atoms with Crippen LogP contribution in [0, 0.1) is 0 Å². The van der Waals surface area contributed by atoms with Crippen molar-refractivity contribution in [2.75, 3.05) is 30.8 Å². The minimum absolute atomic E-state index is 0.00107. The van der Waals surface area contributed by atoms with Gasteiger partial charge in [0.25, 0.3) is 5.91 Å². The van der Waals surface area contributed by atoms with Crippen LogP contribution in [0.2, 0.25) is 0 Å². The number of nitrogens with one attached hydrogen (secondary N) is 4. The van der Waals surface area contributed by atoms with E-state index in [2.05, 4.69) is 27.3 Å². The van der Waals surface area contributed by atoms with E-state index in [0.29, 0.717) is 18.6 Å². The van der Waals surface area contributed by atoms with Gasteiger partial charge in [-0.2, -0.15) is 0 Å². The van der Waals surface area contributed by atoms with E-state index in [1.165, 1.54) is 64.2 Å². The number of hydrogen-bond acceptors (Lipinski definition) is 4. The summed E-state index contributed by atoms with van der Waals surface area (Å²) in [6.07, 6.45) is 12.9. The zero-order valence-electron chi connectivity index (χ0n) is 16.8. The van der Waals surface area contributed by atoms with Gasteiger partial charge < -0.3 is 21.3 Å². The van der Waals surface area contributed by atoms with Crippen molar-refractivity contribution in [3.05, 3.63) is 23.8 Å². The summed E-state index contributed by atoms with van der Waals surface area (Å²) in [5.41, 5.74) is 2.98. The topological polar surface area (TPSA) is 65.2 Å². The van der Waals surface area contributed by atoms with Gasteiger partial charge in [-0.1, -0.05) is 38.5 Å². The summed E-state index contributed by atoms with van der Waals surface area (Å²) >= 11 is 0. The fourth-order valence-corrected chi connectivity index (χ4v) is 4.27. The molecule has 2 aliphatic carbocycles. The molecular weight excluding hydrogens is 336 g/mol. The van der Waals surface area contributed by atoms with E-state index in [1.54, 1.807) is 0 Å². The molecule has 0 aliphatic heterocycles. The van der Waals surface area contributed by atoms with Crippen molar-refractivity contribution < 1.29 is 4.79 Å². The van der Waals surface area contributed by atoms with Gasteiger partial charge in [0.05, 0.1) is 11.4 Å². The van der Waals surface area contributed by atoms with Gasteiger partial charge in [-0.25, -0.2) is 0 Å². The number of carbonyl (C=O) groups is 1. The summed E-state index contributed by atoms with van der Waals surface area (Å²) in [6.45, 7) is 1.42. The van der Waals surface area contributed by atoms with Crippen molar-refractivity contribution in [2.45, 2.75) is 76.3 Å². The van der Waals surface area contributed by atoms with Crippen LogP contribution in [0.25, 0.3) is 0 Å². The van der Waals surface area contributed by atoms with E-state index in [1.807, 2.05) is 19.2 Å². The van der Waals surface area contributed by atoms with Gasteiger partial charge in [-0.3, -0.25) is 4.79 Å². The van der Waals surface area contributed by atoms with Crippen LogP contribution in [-0.2, 0) is 0 Å². The molecule has 0 heterocycles. The molecule has 1 aromatic carbocycles. The number of anilines is 2. The third kappa shape index (κ3) is 6.13. The first-order valence-electron chi connectivity index (χ1n) is 10.9. The molecular formula is C22H36N4O. The Kier molecular flexibility index (Phi) is 7.81. The molecule has 2 fully saturated rings. The van der Waals surface area contributed by atoms with Crippen LogP contribution in [0.3, 0.4) is 0 Å². The van der Waals surface area contributed by atoms with Gasteiger partial charge in [0.2, 0.25) is 0 Å². The van der Waals surface area contributed by atoms with Crippen molar-refractivity contribution >= 4 is 17.3 Å². The maximum absolute atomic E-state index is 12.5. The van der Waals surface area contributed by atoms with Crippen LogP contribution < -0.4 is 21.3 Å². The molecule has 0 aromatic heterocycles. The Balaban J connectivity index is 1.72. The van der Waals surface area contributed by atoms with Gasteiger partial charge in [-0.15, -0.1) is 0 Å². The second-order valence-electron chi connectivity index (χ2n) is 8.08. The molecule has 0 bridgehead atoms. The van der Waals surface area contributed by atoms with Gasteiger partial charge in [0.15, 0.2) is 0 Å². The van der Waals surface area contributed by atoms with Crippen molar-refractivity contribution in [1.29, 1.82) is 0 Å². The highest BCUT2D eigenvalue weighted by Crippen LogP contribution is 2.30. The normalized spacial score (nSPS) is 18.9. The van der Waals surface area contributed by atoms with Crippen LogP contribution in [0.1, 0.15) is 74.6 Å². The zero-order chi connectivity index (χ0) is 18.9. The lowest BCUT2D eigenvalue weighted by Crippen LogP contribution is -2.30. The summed E-state index contributed by atoms with van der Waals surface area (Å²) in [5.74, 6) is 0.00107. The average molecular weight is 373 g/mol. The quantitative estimate of drug-likeness (QED) is 0.518. The Morgan fingerprint density at radius 3 is 2.04 bits per heavy atom. The number of amides is 1. The zero-order valence-corrected chi connectivity index (χ0v) is 16.8. The van der Waals surface area contributed by atoms with Gasteiger partial charge >= 0.3 is 0 Å². The van der Waals surface area contributed by atoms with Gasteiger partial charge in [0.1, 0.15) is 0 Å². The van der Waals surface area contributed by atoms with Crippen molar-refractivity contribution in [3.8, 4) is 0 Å². The molecule has 5 heteroatoms. The summed E-state index contributed by atoms with van der Waals surface area (Å²) < 4.78 is 0. The second kappa shape index (κ2) is 10.5. The second-order valence-corrected chi connectivity index (χ2v) is 8.08. The maximum atomic E-state index is 12.5. The van der Waals surface area contributed by atoms with Crippen LogP contribution >= 0.6 is 0 Å². The average Bonchev–Trinajstić information content (AvgIpc) is 2.71. The molecule has 1 amide bonds. The summed E-state index contributed by atoms with van der Waals surface area (Å²) in [4.78, 5) is 12.5. The van der Waals surface area contributed by atoms with Crippen LogP contribution in [0.4, 0.5) is 11.4 Å². The number of likely N-dealkylation sites (N-methyl/N-ethyl adjacent to an activating group) is 1. The summed E-state index contributed by atoms with van der Waals surface area (Å²) in [7, 11) is 1.89. The monoisotopic (exact) mass is 372 g/mol. The predicted octanol–water partition coefficient (Wildman–Crippen LogP) is 4.13. The number of hydrogen-bond donors (Lipinski definition) is 4. The van der Waals surface area contributed by atoms with E-state index in [9.17, 15) is 4.79 Å². The molecule has 2 aliphatic rings. The van der Waals surface area contributed by atoms with Crippen molar-refractivity contribution in [3.63, 3.8) is 0 Å². The first-order chi connectivity index (χ1) is 13.3. The molecule has 1 aromatic rings. The molecule has 150 valence electrons. The third-order valence-corrected chi connectivity index (χ3v) is 5.87. The van der Waals surface area contributed by atoms with E-state index >= 15 is 0 Å². The van der Waals surface area contributed by atoms with Crippen molar-refractivity contribution in [2.24, 2.45) is 0 Å². The fourth-order valence-electron chi connectivity index (χ4n) is 4.27. The van der Waals surface area contributed by atoms with Crippen LogP contribution in [0.5, 0.6) is 0 Å². The van der Waals surface area contributed by atoms with E-state index < -0.39 is 0 Å². The number of rotatable bonds is 8. The van der Waals surface area contributed by atoms with E-state index in [4.69, 9.17) is 0 Å². The highest BCUT2D eigenvalue weighted by atomic mass is 16.1. The largest absolute Gasteiger partial charge is 0.381 e. The Bertz CT molecular complexity index is 592. The van der Waals surface area contributed by atoms with Gasteiger partial charge in [0, 0.05) is 30.7 Å². The minimum atomic E-state index is 0.00107. The highest BCUT2D eigenvalue weighted by molar-refractivity contribution is 5.96. The maximum Gasteiger partial charge on any atom is 0.251 e. The lowest BCUT2D eigenvalue weighted by atomic mass is 9.94. The molecule has 0 saturated heterocycles. The fraction of sp³-hybridized carbons (Fsp3) is 0.682. The lowest BCUT2D eigenvalue weighted by molar-refractivity contribution is 0.0954. The molecule has 0 radical (unpaired) electrons. The predicted molar refractivity (Wildman–Crippen MR) is 114 cm³/mol. The van der Waals surface area contributed by atoms with Crippen LogP contribution in [0.15, 0.2) is 18.2 Å². The summed E-state index contributed by atoms with van der Waals surface area (Å²) in [5, 5.41) is 13.5. The smallest absolute Gasteiger partial charge is 0.251 e. The number of benzene rings is 1. The molecule has 0 spiro atoms. The molecule has 0 atom stereocenters. The SMILES string of the molecule is CNCCNC(=O)c1ccc(NC2CCCCC2)c(NC2CCCCC2)c1. The molecule has 2 saturated carbocycles. The third-order valence-electron chi connectivity index (χ3n) is 5.87. The Morgan fingerprint density at radius 2 is 1.44 bits per heavy atom.